The van der Waals surface area contributed by atoms with Gasteiger partial charge in [0.1, 0.15) is 0 Å². The van der Waals surface area contributed by atoms with Crippen molar-refractivity contribution >= 4 is 21.9 Å². The highest BCUT2D eigenvalue weighted by Crippen LogP contribution is 2.14. The van der Waals surface area contributed by atoms with Gasteiger partial charge in [0.05, 0.1) is 16.7 Å². The van der Waals surface area contributed by atoms with Gasteiger partial charge in [0.2, 0.25) is 15.9 Å². The topological polar surface area (TPSA) is 113 Å². The van der Waals surface area contributed by atoms with Crippen molar-refractivity contribution in [2.24, 2.45) is 5.41 Å². The summed E-state index contributed by atoms with van der Waals surface area (Å²) in [4.78, 5) is 22.9. The Morgan fingerprint density at radius 1 is 1.17 bits per heavy atom. The average Bonchev–Trinajstić information content (AvgIpc) is 2.45. The number of hydrogen-bond acceptors (Lipinski definition) is 4. The van der Waals surface area contributed by atoms with Crippen molar-refractivity contribution < 1.29 is 23.1 Å². The molecule has 1 amide bonds. The van der Waals surface area contributed by atoms with E-state index in [4.69, 9.17) is 5.11 Å². The minimum absolute atomic E-state index is 0.0219. The number of hydrogen-bond donors (Lipinski definition) is 3. The van der Waals surface area contributed by atoms with Crippen LogP contribution < -0.4 is 10.0 Å². The lowest BCUT2D eigenvalue weighted by atomic mass is 9.94. The Labute approximate surface area is 136 Å². The summed E-state index contributed by atoms with van der Waals surface area (Å²) < 4.78 is 26.0. The molecule has 0 atom stereocenters. The van der Waals surface area contributed by atoms with Crippen LogP contribution in [0.25, 0.3) is 0 Å². The zero-order valence-corrected chi connectivity index (χ0v) is 14.2. The van der Waals surface area contributed by atoms with Gasteiger partial charge in [-0.2, -0.15) is 0 Å². The molecule has 0 fully saturated rings. The van der Waals surface area contributed by atoms with Gasteiger partial charge in [-0.25, -0.2) is 13.1 Å². The zero-order valence-electron chi connectivity index (χ0n) is 13.4. The fourth-order valence-electron chi connectivity index (χ4n) is 1.70. The van der Waals surface area contributed by atoms with Crippen LogP contribution >= 0.6 is 0 Å². The van der Waals surface area contributed by atoms with Gasteiger partial charge in [-0.1, -0.05) is 19.1 Å². The number of carboxylic acids is 1. The van der Waals surface area contributed by atoms with Crippen LogP contribution in [0.4, 0.5) is 0 Å². The van der Waals surface area contributed by atoms with Crippen LogP contribution in [0.3, 0.4) is 0 Å². The third-order valence-electron chi connectivity index (χ3n) is 3.24. The van der Waals surface area contributed by atoms with Crippen molar-refractivity contribution in [3.05, 3.63) is 29.8 Å². The first-order valence-corrected chi connectivity index (χ1v) is 8.65. The molecular weight excluding hydrogens is 320 g/mol. The summed E-state index contributed by atoms with van der Waals surface area (Å²) in [7, 11) is -3.51. The number of rotatable bonds is 8. The van der Waals surface area contributed by atoms with E-state index in [0.29, 0.717) is 12.1 Å². The van der Waals surface area contributed by atoms with Gasteiger partial charge >= 0.3 is 5.97 Å². The highest BCUT2D eigenvalue weighted by Gasteiger charge is 2.27. The summed E-state index contributed by atoms with van der Waals surface area (Å²) in [6.45, 7) is 5.06. The van der Waals surface area contributed by atoms with Crippen LogP contribution in [0.1, 0.15) is 26.3 Å². The Morgan fingerprint density at radius 2 is 1.74 bits per heavy atom. The van der Waals surface area contributed by atoms with E-state index in [-0.39, 0.29) is 23.8 Å². The lowest BCUT2D eigenvalue weighted by Crippen LogP contribution is -2.39. The van der Waals surface area contributed by atoms with Gasteiger partial charge in [0, 0.05) is 13.1 Å². The maximum absolute atomic E-state index is 11.8. The maximum atomic E-state index is 11.8. The molecule has 128 valence electrons. The first kappa shape index (κ1) is 19.1. The molecule has 0 spiro atoms. The van der Waals surface area contributed by atoms with Crippen LogP contribution in [-0.2, 0) is 26.0 Å². The van der Waals surface area contributed by atoms with Crippen molar-refractivity contribution in [3.63, 3.8) is 0 Å². The molecule has 8 heteroatoms. The number of carboxylic acid groups (broad SMARTS) is 1. The summed E-state index contributed by atoms with van der Waals surface area (Å²) in [5.41, 5.74) is -0.398. The van der Waals surface area contributed by atoms with Crippen molar-refractivity contribution in [2.75, 3.05) is 13.1 Å². The second kappa shape index (κ2) is 7.56. The van der Waals surface area contributed by atoms with Crippen LogP contribution in [0.15, 0.2) is 29.2 Å². The fourth-order valence-corrected chi connectivity index (χ4v) is 2.74. The molecular formula is C15H22N2O5S. The molecule has 0 saturated heterocycles. The summed E-state index contributed by atoms with van der Waals surface area (Å²) >= 11 is 0. The number of sulfonamides is 1. The Kier molecular flexibility index (Phi) is 6.28. The van der Waals surface area contributed by atoms with E-state index in [0.717, 1.165) is 0 Å². The number of carbonyl (C=O) groups excluding carboxylic acids is 1. The molecule has 0 aromatic heterocycles. The molecule has 0 radical (unpaired) electrons. The molecule has 0 saturated carbocycles. The van der Waals surface area contributed by atoms with E-state index in [1.165, 1.54) is 26.0 Å². The molecule has 0 aliphatic heterocycles. The van der Waals surface area contributed by atoms with E-state index < -0.39 is 21.4 Å². The third-order valence-corrected chi connectivity index (χ3v) is 4.80. The number of nitrogens with one attached hydrogen (secondary N) is 2. The molecule has 0 unspecified atom stereocenters. The molecule has 0 aliphatic carbocycles. The van der Waals surface area contributed by atoms with Crippen LogP contribution in [-0.4, -0.2) is 38.5 Å². The number of aliphatic carboxylic acids is 1. The maximum Gasteiger partial charge on any atom is 0.310 e. The molecule has 0 bridgehead atoms. The van der Waals surface area contributed by atoms with Crippen LogP contribution in [0.5, 0.6) is 0 Å². The number of carbonyl (C=O) groups is 2. The molecule has 1 rings (SSSR count). The van der Waals surface area contributed by atoms with Crippen LogP contribution in [0, 0.1) is 5.41 Å². The van der Waals surface area contributed by atoms with E-state index in [1.807, 2.05) is 0 Å². The second-order valence-corrected chi connectivity index (χ2v) is 7.55. The van der Waals surface area contributed by atoms with E-state index in [1.54, 1.807) is 19.1 Å². The molecule has 1 aromatic carbocycles. The first-order valence-electron chi connectivity index (χ1n) is 7.17. The van der Waals surface area contributed by atoms with Gasteiger partial charge in [-0.15, -0.1) is 0 Å². The predicted octanol–water partition coefficient (Wildman–Crippen LogP) is 0.754. The molecule has 0 heterocycles. The molecule has 1 aromatic rings. The van der Waals surface area contributed by atoms with Crippen molar-refractivity contribution in [1.82, 2.24) is 10.0 Å². The minimum atomic E-state index is -3.51. The van der Waals surface area contributed by atoms with Gasteiger partial charge in [-0.3, -0.25) is 9.59 Å². The highest BCUT2D eigenvalue weighted by molar-refractivity contribution is 7.89. The Bertz CT molecular complexity index is 666. The highest BCUT2D eigenvalue weighted by atomic mass is 32.2. The smallest absolute Gasteiger partial charge is 0.310 e. The Morgan fingerprint density at radius 3 is 2.22 bits per heavy atom. The number of benzene rings is 1. The normalized spacial score (nSPS) is 12.0. The fraction of sp³-hybridized carbons (Fsp3) is 0.467. The second-order valence-electron chi connectivity index (χ2n) is 5.79. The van der Waals surface area contributed by atoms with E-state index >= 15 is 0 Å². The molecule has 3 N–H and O–H groups in total. The molecule has 0 aliphatic rings. The van der Waals surface area contributed by atoms with Gasteiger partial charge in [0.15, 0.2) is 0 Å². The van der Waals surface area contributed by atoms with E-state index in [9.17, 15) is 18.0 Å². The summed E-state index contributed by atoms with van der Waals surface area (Å²) in [5, 5.41) is 11.5. The Balaban J connectivity index is 2.65. The summed E-state index contributed by atoms with van der Waals surface area (Å²) in [6.07, 6.45) is 0.0528. The zero-order chi connectivity index (χ0) is 17.7. The van der Waals surface area contributed by atoms with E-state index in [2.05, 4.69) is 10.0 Å². The third kappa shape index (κ3) is 5.65. The standard InChI is InChI=1S/C15H22N2O5S/c1-4-17-23(21,22)12-7-5-11(6-8-12)9-13(18)16-10-15(2,3)14(19)20/h5-8,17H,4,9-10H2,1-3H3,(H,16,18)(H,19,20). The van der Waals surface area contributed by atoms with Gasteiger partial charge in [-0.05, 0) is 31.5 Å². The monoisotopic (exact) mass is 342 g/mol. The van der Waals surface area contributed by atoms with Crippen LogP contribution in [0.2, 0.25) is 0 Å². The number of amides is 1. The Hall–Kier alpha value is -1.93. The summed E-state index contributed by atoms with van der Waals surface area (Å²) in [5.74, 6) is -1.31. The molecule has 23 heavy (non-hydrogen) atoms. The minimum Gasteiger partial charge on any atom is -0.481 e. The largest absolute Gasteiger partial charge is 0.481 e. The average molecular weight is 342 g/mol. The SMILES string of the molecule is CCNS(=O)(=O)c1ccc(CC(=O)NCC(C)(C)C(=O)O)cc1. The van der Waals surface area contributed by atoms with Crippen molar-refractivity contribution in [1.29, 1.82) is 0 Å². The van der Waals surface area contributed by atoms with Gasteiger partial charge < -0.3 is 10.4 Å². The van der Waals surface area contributed by atoms with Gasteiger partial charge in [0.25, 0.3) is 0 Å². The first-order chi connectivity index (χ1) is 10.6. The summed E-state index contributed by atoms with van der Waals surface area (Å²) in [6, 6.07) is 5.99. The quantitative estimate of drug-likeness (QED) is 0.645. The lowest BCUT2D eigenvalue weighted by Gasteiger charge is -2.19. The van der Waals surface area contributed by atoms with Crippen molar-refractivity contribution in [2.45, 2.75) is 32.1 Å². The molecule has 7 nitrogen and oxygen atoms in total. The lowest BCUT2D eigenvalue weighted by molar-refractivity contribution is -0.146. The van der Waals surface area contributed by atoms with Crippen molar-refractivity contribution in [3.8, 4) is 0 Å². The predicted molar refractivity (Wildman–Crippen MR) is 85.4 cm³/mol.